The van der Waals surface area contributed by atoms with Crippen molar-refractivity contribution >= 4 is 46.1 Å². The van der Waals surface area contributed by atoms with Gasteiger partial charge in [0.15, 0.2) is 5.13 Å². The van der Waals surface area contributed by atoms with E-state index in [1.54, 1.807) is 22.7 Å². The fourth-order valence-electron chi connectivity index (χ4n) is 2.56. The average Bonchev–Trinajstić information content (AvgIpc) is 3.17. The molecule has 2 aromatic heterocycles. The smallest absolute Gasteiger partial charge is 0.232 e. The highest BCUT2D eigenvalue weighted by Gasteiger charge is 2.18. The van der Waals surface area contributed by atoms with Crippen LogP contribution in [-0.2, 0) is 17.6 Å². The molecule has 2 N–H and O–H groups in total. The van der Waals surface area contributed by atoms with Gasteiger partial charge in [0.25, 0.3) is 0 Å². The predicted molar refractivity (Wildman–Crippen MR) is 98.0 cm³/mol. The third kappa shape index (κ3) is 4.97. The molecule has 0 aliphatic carbocycles. The van der Waals surface area contributed by atoms with Crippen LogP contribution < -0.4 is 10.6 Å². The van der Waals surface area contributed by atoms with E-state index in [9.17, 15) is 4.79 Å². The minimum atomic E-state index is -0.0424. The summed E-state index contributed by atoms with van der Waals surface area (Å²) in [6.07, 6.45) is 5.44. The summed E-state index contributed by atoms with van der Waals surface area (Å²) in [5.74, 6) is 0.536. The first-order chi connectivity index (χ1) is 10.7. The highest BCUT2D eigenvalue weighted by atomic mass is 35.5. The summed E-state index contributed by atoms with van der Waals surface area (Å²) in [5, 5.41) is 9.99. The highest BCUT2D eigenvalue weighted by molar-refractivity contribution is 7.15. The molecular weight excluding hydrogens is 352 g/mol. The molecule has 3 heterocycles. The molecule has 0 unspecified atom stereocenters. The van der Waals surface area contributed by atoms with Crippen molar-refractivity contribution in [3.8, 4) is 0 Å². The van der Waals surface area contributed by atoms with Crippen molar-refractivity contribution in [2.24, 2.45) is 0 Å². The summed E-state index contributed by atoms with van der Waals surface area (Å²) >= 11 is 3.21. The van der Waals surface area contributed by atoms with E-state index >= 15 is 0 Å². The van der Waals surface area contributed by atoms with Crippen LogP contribution in [0.25, 0.3) is 0 Å². The Morgan fingerprint density at radius 2 is 2.22 bits per heavy atom. The lowest BCUT2D eigenvalue weighted by atomic mass is 9.97. The summed E-state index contributed by atoms with van der Waals surface area (Å²) in [6.45, 7) is 4.20. The maximum atomic E-state index is 12.1. The van der Waals surface area contributed by atoms with Gasteiger partial charge >= 0.3 is 0 Å². The van der Waals surface area contributed by atoms with Gasteiger partial charge < -0.3 is 10.6 Å². The second kappa shape index (κ2) is 8.73. The zero-order chi connectivity index (χ0) is 15.4. The summed E-state index contributed by atoms with van der Waals surface area (Å²) in [7, 11) is 0. The van der Waals surface area contributed by atoms with Gasteiger partial charge in [-0.05, 0) is 38.3 Å². The van der Waals surface area contributed by atoms with Crippen LogP contribution in [0.2, 0.25) is 0 Å². The lowest BCUT2D eigenvalue weighted by Crippen LogP contribution is -2.26. The SMILES string of the molecule is CCc1nc(CC(=O)Nc2ncc(C3CCNCC3)s2)cs1.Cl. The van der Waals surface area contributed by atoms with E-state index in [-0.39, 0.29) is 18.3 Å². The fourth-order valence-corrected chi connectivity index (χ4v) is 4.31. The molecule has 0 spiro atoms. The molecule has 5 nitrogen and oxygen atoms in total. The summed E-state index contributed by atoms with van der Waals surface area (Å²) in [4.78, 5) is 22.1. The fraction of sp³-hybridized carbons (Fsp3) is 0.533. The second-order valence-corrected chi connectivity index (χ2v) is 7.41. The average molecular weight is 373 g/mol. The van der Waals surface area contributed by atoms with Crippen LogP contribution in [0.15, 0.2) is 11.6 Å². The van der Waals surface area contributed by atoms with Crippen LogP contribution in [0.3, 0.4) is 0 Å². The number of carbonyl (C=O) groups is 1. The van der Waals surface area contributed by atoms with E-state index in [1.807, 2.05) is 11.6 Å². The van der Waals surface area contributed by atoms with Crippen LogP contribution in [-0.4, -0.2) is 29.0 Å². The molecule has 1 aliphatic heterocycles. The van der Waals surface area contributed by atoms with Gasteiger partial charge in [0, 0.05) is 16.5 Å². The van der Waals surface area contributed by atoms with Gasteiger partial charge in [-0.1, -0.05) is 6.92 Å². The minimum absolute atomic E-state index is 0. The predicted octanol–water partition coefficient (Wildman–Crippen LogP) is 3.23. The van der Waals surface area contributed by atoms with Crippen LogP contribution in [0, 0.1) is 0 Å². The lowest BCUT2D eigenvalue weighted by Gasteiger charge is -2.20. The van der Waals surface area contributed by atoms with Gasteiger partial charge in [-0.2, -0.15) is 0 Å². The number of aromatic nitrogens is 2. The molecule has 0 atom stereocenters. The zero-order valence-corrected chi connectivity index (χ0v) is 15.5. The molecule has 1 saturated heterocycles. The molecule has 0 radical (unpaired) electrons. The maximum Gasteiger partial charge on any atom is 0.232 e. The molecule has 126 valence electrons. The van der Waals surface area contributed by atoms with Gasteiger partial charge in [-0.15, -0.1) is 35.1 Å². The summed E-state index contributed by atoms with van der Waals surface area (Å²) in [6, 6.07) is 0. The second-order valence-electron chi connectivity index (χ2n) is 5.40. The molecular formula is C15H21ClN4OS2. The number of halogens is 1. The van der Waals surface area contributed by atoms with Crippen molar-refractivity contribution in [2.45, 2.75) is 38.5 Å². The van der Waals surface area contributed by atoms with E-state index in [1.165, 1.54) is 4.88 Å². The quantitative estimate of drug-likeness (QED) is 0.845. The Balaban J connectivity index is 0.00000192. The number of piperidine rings is 1. The van der Waals surface area contributed by atoms with Crippen molar-refractivity contribution in [3.05, 3.63) is 27.2 Å². The number of hydrogen-bond donors (Lipinski definition) is 2. The molecule has 2 aromatic rings. The number of carbonyl (C=O) groups excluding carboxylic acids is 1. The molecule has 0 aromatic carbocycles. The Hall–Kier alpha value is -1.02. The first kappa shape index (κ1) is 18.3. The summed E-state index contributed by atoms with van der Waals surface area (Å²) in [5.41, 5.74) is 0.842. The zero-order valence-electron chi connectivity index (χ0n) is 13.0. The van der Waals surface area contributed by atoms with E-state index in [0.717, 1.165) is 43.1 Å². The van der Waals surface area contributed by atoms with Crippen LogP contribution >= 0.6 is 35.1 Å². The molecule has 0 bridgehead atoms. The van der Waals surface area contributed by atoms with Crippen molar-refractivity contribution in [1.82, 2.24) is 15.3 Å². The van der Waals surface area contributed by atoms with E-state index in [2.05, 4.69) is 27.5 Å². The van der Waals surface area contributed by atoms with E-state index in [4.69, 9.17) is 0 Å². The van der Waals surface area contributed by atoms with Crippen LogP contribution in [0.4, 0.5) is 5.13 Å². The Kier molecular flexibility index (Phi) is 6.95. The van der Waals surface area contributed by atoms with Gasteiger partial charge in [0.2, 0.25) is 5.91 Å². The number of anilines is 1. The standard InChI is InChI=1S/C15H20N4OS2.ClH/c1-2-14-18-11(9-21-14)7-13(20)19-15-17-8-12(22-15)10-3-5-16-6-4-10;/h8-10,16H,2-7H2,1H3,(H,17,19,20);1H. The molecule has 3 rings (SSSR count). The van der Waals surface area contributed by atoms with Gasteiger partial charge in [-0.3, -0.25) is 4.79 Å². The number of rotatable bonds is 5. The van der Waals surface area contributed by atoms with Crippen molar-refractivity contribution < 1.29 is 4.79 Å². The van der Waals surface area contributed by atoms with Gasteiger partial charge in [-0.25, -0.2) is 9.97 Å². The molecule has 0 saturated carbocycles. The molecule has 8 heteroatoms. The Morgan fingerprint density at radius 3 is 2.91 bits per heavy atom. The van der Waals surface area contributed by atoms with E-state index < -0.39 is 0 Å². The first-order valence-corrected chi connectivity index (χ1v) is 9.33. The summed E-state index contributed by atoms with van der Waals surface area (Å²) < 4.78 is 0. The first-order valence-electron chi connectivity index (χ1n) is 7.64. The third-order valence-electron chi connectivity index (χ3n) is 3.75. The van der Waals surface area contributed by atoms with Crippen molar-refractivity contribution in [1.29, 1.82) is 0 Å². The molecule has 23 heavy (non-hydrogen) atoms. The highest BCUT2D eigenvalue weighted by Crippen LogP contribution is 2.31. The monoisotopic (exact) mass is 372 g/mol. The molecule has 1 fully saturated rings. The van der Waals surface area contributed by atoms with Crippen molar-refractivity contribution in [3.63, 3.8) is 0 Å². The largest absolute Gasteiger partial charge is 0.317 e. The number of amides is 1. The van der Waals surface area contributed by atoms with E-state index in [0.29, 0.717) is 17.5 Å². The Morgan fingerprint density at radius 1 is 1.43 bits per heavy atom. The third-order valence-corrected chi connectivity index (χ3v) is 5.87. The number of nitrogens with one attached hydrogen (secondary N) is 2. The number of nitrogens with zero attached hydrogens (tertiary/aromatic N) is 2. The number of thiazole rings is 2. The van der Waals surface area contributed by atoms with Gasteiger partial charge in [0.1, 0.15) is 0 Å². The number of hydrogen-bond acceptors (Lipinski definition) is 6. The van der Waals surface area contributed by atoms with Gasteiger partial charge in [0.05, 0.1) is 17.1 Å². The van der Waals surface area contributed by atoms with Crippen LogP contribution in [0.5, 0.6) is 0 Å². The lowest BCUT2D eigenvalue weighted by molar-refractivity contribution is -0.115. The topological polar surface area (TPSA) is 66.9 Å². The number of aryl methyl sites for hydroxylation is 1. The minimum Gasteiger partial charge on any atom is -0.317 e. The van der Waals surface area contributed by atoms with Crippen molar-refractivity contribution in [2.75, 3.05) is 18.4 Å². The Bertz CT molecular complexity index is 637. The maximum absolute atomic E-state index is 12.1. The van der Waals surface area contributed by atoms with Crippen LogP contribution in [0.1, 0.15) is 41.3 Å². The molecule has 1 amide bonds. The molecule has 1 aliphatic rings. The normalized spacial score (nSPS) is 15.2. The Labute approximate surface area is 150 Å².